The number of aliphatic hydroxyl groups is 1. The Bertz CT molecular complexity index is 413. The van der Waals surface area contributed by atoms with E-state index in [1.165, 1.54) is 16.8 Å². The predicted molar refractivity (Wildman–Crippen MR) is 80.8 cm³/mol. The Balaban J connectivity index is 2.33. The highest BCUT2D eigenvalue weighted by Gasteiger charge is 2.30. The van der Waals surface area contributed by atoms with Crippen molar-refractivity contribution in [2.24, 2.45) is 0 Å². The van der Waals surface area contributed by atoms with Gasteiger partial charge in [-0.15, -0.1) is 0 Å². The number of piperazine rings is 1. The number of aryl methyl sites for hydroxylation is 2. The molecule has 106 valence electrons. The monoisotopic (exact) mass is 262 g/mol. The van der Waals surface area contributed by atoms with E-state index < -0.39 is 0 Å². The van der Waals surface area contributed by atoms with Crippen LogP contribution in [0, 0.1) is 13.8 Å². The lowest BCUT2D eigenvalue weighted by atomic mass is 10.00. The van der Waals surface area contributed by atoms with Crippen LogP contribution in [0.3, 0.4) is 0 Å². The topological polar surface area (TPSA) is 26.7 Å². The van der Waals surface area contributed by atoms with Crippen LogP contribution in [0.15, 0.2) is 18.2 Å². The van der Waals surface area contributed by atoms with Crippen molar-refractivity contribution < 1.29 is 5.11 Å². The van der Waals surface area contributed by atoms with E-state index >= 15 is 0 Å². The first-order valence-electron chi connectivity index (χ1n) is 7.18. The first-order chi connectivity index (χ1) is 9.04. The van der Waals surface area contributed by atoms with Crippen LogP contribution in [0.4, 0.5) is 5.69 Å². The van der Waals surface area contributed by atoms with Crippen LogP contribution in [0.1, 0.15) is 24.5 Å². The summed E-state index contributed by atoms with van der Waals surface area (Å²) >= 11 is 0. The third-order valence-corrected chi connectivity index (χ3v) is 4.34. The van der Waals surface area contributed by atoms with Crippen LogP contribution < -0.4 is 4.90 Å². The van der Waals surface area contributed by atoms with Gasteiger partial charge in [0.1, 0.15) is 0 Å². The van der Waals surface area contributed by atoms with Crippen molar-refractivity contribution in [2.75, 3.05) is 31.6 Å². The number of anilines is 1. The van der Waals surface area contributed by atoms with Gasteiger partial charge in [-0.1, -0.05) is 18.2 Å². The molecule has 1 fully saturated rings. The van der Waals surface area contributed by atoms with Crippen LogP contribution in [0.25, 0.3) is 0 Å². The van der Waals surface area contributed by atoms with E-state index in [2.05, 4.69) is 55.8 Å². The fraction of sp³-hybridized carbons (Fsp3) is 0.625. The molecule has 19 heavy (non-hydrogen) atoms. The highest BCUT2D eigenvalue weighted by atomic mass is 16.3. The maximum Gasteiger partial charge on any atom is 0.0451 e. The van der Waals surface area contributed by atoms with Gasteiger partial charge in [0.2, 0.25) is 0 Å². The molecule has 1 aromatic carbocycles. The minimum absolute atomic E-state index is 0.258. The zero-order valence-corrected chi connectivity index (χ0v) is 12.6. The van der Waals surface area contributed by atoms with Gasteiger partial charge in [-0.05, 0) is 45.4 Å². The van der Waals surface area contributed by atoms with Gasteiger partial charge in [0.25, 0.3) is 0 Å². The number of aliphatic hydroxyl groups excluding tert-OH is 1. The summed E-state index contributed by atoms with van der Waals surface area (Å²) in [4.78, 5) is 4.90. The highest BCUT2D eigenvalue weighted by Crippen LogP contribution is 2.30. The van der Waals surface area contributed by atoms with E-state index in [9.17, 15) is 5.11 Å². The molecule has 0 bridgehead atoms. The third-order valence-electron chi connectivity index (χ3n) is 4.34. The minimum atomic E-state index is 0.258. The van der Waals surface area contributed by atoms with E-state index in [0.29, 0.717) is 12.1 Å². The first-order valence-corrected chi connectivity index (χ1v) is 7.18. The quantitative estimate of drug-likeness (QED) is 0.904. The van der Waals surface area contributed by atoms with Gasteiger partial charge in [0.05, 0.1) is 0 Å². The minimum Gasteiger partial charge on any atom is -0.396 e. The number of hydrogen-bond donors (Lipinski definition) is 1. The lowest BCUT2D eigenvalue weighted by Crippen LogP contribution is -2.56. The van der Waals surface area contributed by atoms with Crippen molar-refractivity contribution in [3.63, 3.8) is 0 Å². The van der Waals surface area contributed by atoms with Crippen LogP contribution >= 0.6 is 0 Å². The molecule has 0 aliphatic carbocycles. The molecule has 3 heteroatoms. The summed E-state index contributed by atoms with van der Waals surface area (Å²) in [5, 5.41) is 9.33. The average molecular weight is 262 g/mol. The SMILES string of the molecule is Cc1cccc(C)c1N1CC(C)N(C)CC1CCO. The molecule has 1 aliphatic rings. The van der Waals surface area contributed by atoms with E-state index in [1.807, 2.05) is 0 Å². The molecule has 2 rings (SSSR count). The number of para-hydroxylation sites is 1. The number of benzene rings is 1. The summed E-state index contributed by atoms with van der Waals surface area (Å²) in [6.07, 6.45) is 0.838. The zero-order valence-electron chi connectivity index (χ0n) is 12.6. The van der Waals surface area contributed by atoms with Gasteiger partial charge in [-0.25, -0.2) is 0 Å². The van der Waals surface area contributed by atoms with Crippen molar-refractivity contribution in [1.82, 2.24) is 4.90 Å². The molecule has 3 nitrogen and oxygen atoms in total. The van der Waals surface area contributed by atoms with Gasteiger partial charge >= 0.3 is 0 Å². The maximum atomic E-state index is 9.33. The van der Waals surface area contributed by atoms with E-state index in [-0.39, 0.29) is 6.61 Å². The number of nitrogens with zero attached hydrogens (tertiary/aromatic N) is 2. The Morgan fingerprint density at radius 1 is 1.21 bits per heavy atom. The predicted octanol–water partition coefficient (Wildman–Crippen LogP) is 2.19. The van der Waals surface area contributed by atoms with Crippen molar-refractivity contribution in [3.8, 4) is 0 Å². The number of hydrogen-bond acceptors (Lipinski definition) is 3. The molecule has 0 spiro atoms. The van der Waals surface area contributed by atoms with Gasteiger partial charge in [-0.2, -0.15) is 0 Å². The van der Waals surface area contributed by atoms with Crippen LogP contribution in [0.2, 0.25) is 0 Å². The number of rotatable bonds is 3. The molecule has 1 N–H and O–H groups in total. The molecule has 0 radical (unpaired) electrons. The molecule has 1 saturated heterocycles. The number of likely N-dealkylation sites (N-methyl/N-ethyl adjacent to an activating group) is 1. The van der Waals surface area contributed by atoms with Crippen molar-refractivity contribution in [1.29, 1.82) is 0 Å². The molecular weight excluding hydrogens is 236 g/mol. The summed E-state index contributed by atoms with van der Waals surface area (Å²) in [5.74, 6) is 0. The van der Waals surface area contributed by atoms with Crippen LogP contribution in [-0.4, -0.2) is 48.8 Å². The molecule has 2 atom stereocenters. The standard InChI is InChI=1S/C16H26N2O/c1-12-6-5-7-13(2)16(12)18-10-14(3)17(4)11-15(18)8-9-19/h5-7,14-15,19H,8-11H2,1-4H3. The smallest absolute Gasteiger partial charge is 0.0451 e. The zero-order chi connectivity index (χ0) is 14.0. The maximum absolute atomic E-state index is 9.33. The van der Waals surface area contributed by atoms with Gasteiger partial charge < -0.3 is 10.0 Å². The molecular formula is C16H26N2O. The molecule has 1 heterocycles. The molecule has 0 amide bonds. The molecule has 2 unspecified atom stereocenters. The highest BCUT2D eigenvalue weighted by molar-refractivity contribution is 5.60. The lowest BCUT2D eigenvalue weighted by molar-refractivity contribution is 0.177. The second-order valence-corrected chi connectivity index (χ2v) is 5.85. The Kier molecular flexibility index (Phi) is 4.48. The van der Waals surface area contributed by atoms with E-state index in [0.717, 1.165) is 19.5 Å². The van der Waals surface area contributed by atoms with E-state index in [1.54, 1.807) is 0 Å². The average Bonchev–Trinajstić information content (AvgIpc) is 2.35. The molecule has 0 aromatic heterocycles. The summed E-state index contributed by atoms with van der Waals surface area (Å²) in [7, 11) is 2.18. The van der Waals surface area contributed by atoms with Crippen molar-refractivity contribution in [3.05, 3.63) is 29.3 Å². The summed E-state index contributed by atoms with van der Waals surface area (Å²) in [6.45, 7) is 8.95. The third kappa shape index (κ3) is 2.93. The molecule has 1 aromatic rings. The summed E-state index contributed by atoms with van der Waals surface area (Å²) < 4.78 is 0. The fourth-order valence-electron chi connectivity index (χ4n) is 3.11. The van der Waals surface area contributed by atoms with Crippen molar-refractivity contribution >= 4 is 5.69 Å². The first kappa shape index (κ1) is 14.4. The van der Waals surface area contributed by atoms with Crippen molar-refractivity contribution in [2.45, 2.75) is 39.3 Å². The van der Waals surface area contributed by atoms with Gasteiger partial charge in [0.15, 0.2) is 0 Å². The second-order valence-electron chi connectivity index (χ2n) is 5.85. The van der Waals surface area contributed by atoms with E-state index in [4.69, 9.17) is 0 Å². The Hall–Kier alpha value is -1.06. The summed E-state index contributed by atoms with van der Waals surface area (Å²) in [6, 6.07) is 7.44. The van der Waals surface area contributed by atoms with Crippen LogP contribution in [-0.2, 0) is 0 Å². The fourth-order valence-corrected chi connectivity index (χ4v) is 3.11. The van der Waals surface area contributed by atoms with Crippen LogP contribution in [0.5, 0.6) is 0 Å². The summed E-state index contributed by atoms with van der Waals surface area (Å²) in [5.41, 5.74) is 4.03. The lowest BCUT2D eigenvalue weighted by Gasteiger charge is -2.46. The normalized spacial score (nSPS) is 24.8. The Labute approximate surface area is 116 Å². The van der Waals surface area contributed by atoms with Gasteiger partial charge in [0, 0.05) is 37.5 Å². The largest absolute Gasteiger partial charge is 0.396 e. The Morgan fingerprint density at radius 2 is 1.84 bits per heavy atom. The van der Waals surface area contributed by atoms with Gasteiger partial charge in [-0.3, -0.25) is 4.90 Å². The Morgan fingerprint density at radius 3 is 2.42 bits per heavy atom. The molecule has 0 saturated carbocycles. The second kappa shape index (κ2) is 5.93. The molecule has 1 aliphatic heterocycles.